The number of likely N-dealkylation sites (tertiary alicyclic amines) is 2. The summed E-state index contributed by atoms with van der Waals surface area (Å²) >= 11 is 0. The predicted molar refractivity (Wildman–Crippen MR) is 170 cm³/mol. The van der Waals surface area contributed by atoms with Crippen molar-refractivity contribution in [2.24, 2.45) is 11.8 Å². The molecule has 4 aliphatic rings. The molecule has 8 nitrogen and oxygen atoms in total. The summed E-state index contributed by atoms with van der Waals surface area (Å²) in [5, 5.41) is 35.8. The maximum atomic E-state index is 14.8. The molecule has 0 unspecified atom stereocenters. The second-order valence-corrected chi connectivity index (χ2v) is 14.0. The van der Waals surface area contributed by atoms with E-state index in [1.165, 1.54) is 0 Å². The summed E-state index contributed by atoms with van der Waals surface area (Å²) in [4.78, 5) is 27.4. The molecule has 2 aromatic rings. The molecule has 2 amide bonds. The molecule has 2 saturated heterocycles. The number of rotatable bonds is 8. The van der Waals surface area contributed by atoms with Crippen molar-refractivity contribution in [3.05, 3.63) is 69.1 Å². The summed E-state index contributed by atoms with van der Waals surface area (Å²) in [5.74, 6) is 0.110. The molecule has 2 saturated carbocycles. The summed E-state index contributed by atoms with van der Waals surface area (Å²) in [5.41, 5.74) is 5.53. The first kappa shape index (κ1) is 30.3. The fourth-order valence-corrected chi connectivity index (χ4v) is 9.38. The smallest absolute Gasteiger partial charge is 0.283 e. The fraction of sp³-hybridized carbons (Fsp3) is 0.600. The number of nitrogens with one attached hydrogen (secondary N) is 2. The van der Waals surface area contributed by atoms with E-state index in [-0.39, 0.29) is 48.8 Å². The summed E-state index contributed by atoms with van der Waals surface area (Å²) in [6, 6.07) is 10.3. The van der Waals surface area contributed by atoms with Gasteiger partial charge in [-0.1, -0.05) is 36.4 Å². The second kappa shape index (κ2) is 11.6. The molecular weight excluding hydrogens is 540 g/mol. The van der Waals surface area contributed by atoms with E-state index < -0.39 is 21.4 Å². The van der Waals surface area contributed by atoms with Crippen LogP contribution in [0.1, 0.15) is 80.0 Å². The largest absolute Gasteiger partial charge is 0.632 e. The van der Waals surface area contributed by atoms with Crippen molar-refractivity contribution in [2.75, 3.05) is 23.7 Å². The van der Waals surface area contributed by atoms with Gasteiger partial charge in [-0.15, -0.1) is 0 Å². The van der Waals surface area contributed by atoms with Gasteiger partial charge in [0.05, 0.1) is 25.2 Å². The predicted octanol–water partition coefficient (Wildman–Crippen LogP) is 6.40. The van der Waals surface area contributed by atoms with Crippen molar-refractivity contribution in [3.63, 3.8) is 0 Å². The van der Waals surface area contributed by atoms with Gasteiger partial charge in [-0.25, -0.2) is 0 Å². The average molecular weight is 589 g/mol. The number of para-hydroxylation sites is 2. The number of benzene rings is 2. The first-order chi connectivity index (χ1) is 20.5. The third-order valence-electron chi connectivity index (χ3n) is 11.5. The molecule has 2 aromatic carbocycles. The molecule has 43 heavy (non-hydrogen) atoms. The van der Waals surface area contributed by atoms with Gasteiger partial charge in [0.1, 0.15) is 0 Å². The summed E-state index contributed by atoms with van der Waals surface area (Å²) in [7, 11) is 0. The lowest BCUT2D eigenvalue weighted by Crippen LogP contribution is -2.60. The zero-order valence-corrected chi connectivity index (χ0v) is 26.2. The molecule has 0 aromatic heterocycles. The van der Waals surface area contributed by atoms with Gasteiger partial charge >= 0.3 is 0 Å². The highest BCUT2D eigenvalue weighted by atomic mass is 16.6. The monoisotopic (exact) mass is 588 g/mol. The molecule has 8 heteroatoms. The van der Waals surface area contributed by atoms with Gasteiger partial charge in [0.15, 0.2) is 12.1 Å². The van der Waals surface area contributed by atoms with E-state index in [1.54, 1.807) is 0 Å². The number of nitrogens with zero attached hydrogens (tertiary/aromatic N) is 2. The molecule has 2 heterocycles. The van der Waals surface area contributed by atoms with Crippen LogP contribution in [-0.2, 0) is 9.59 Å². The molecule has 2 aliphatic carbocycles. The van der Waals surface area contributed by atoms with Crippen LogP contribution in [0, 0.1) is 49.9 Å². The quantitative estimate of drug-likeness (QED) is 0.275. The van der Waals surface area contributed by atoms with Gasteiger partial charge < -0.3 is 30.3 Å². The molecule has 0 spiro atoms. The Morgan fingerprint density at radius 2 is 1.05 bits per heavy atom. The van der Waals surface area contributed by atoms with Crippen LogP contribution in [0.15, 0.2) is 36.4 Å². The molecule has 6 rings (SSSR count). The van der Waals surface area contributed by atoms with Crippen LogP contribution in [0.4, 0.5) is 11.4 Å². The molecule has 232 valence electrons. The topological polar surface area (TPSA) is 104 Å². The van der Waals surface area contributed by atoms with Crippen LogP contribution in [-0.4, -0.2) is 58.4 Å². The Kier molecular flexibility index (Phi) is 8.18. The SMILES string of the molecule is Cc1cccc(C)c1NC(=O)[C@@H]1C[C@@H]2CCC[C@@H]2[N@@+]1([O-])CCC[N@@+]1([O-])[C@H](C(=O)Nc2c(C)cccc2C)C[C@@H]2CCC[C@@H]21. The van der Waals surface area contributed by atoms with Crippen molar-refractivity contribution >= 4 is 23.2 Å². The Balaban J connectivity index is 1.19. The Morgan fingerprint density at radius 1 is 0.674 bits per heavy atom. The lowest BCUT2D eigenvalue weighted by molar-refractivity contribution is -0.926. The van der Waals surface area contributed by atoms with Crippen molar-refractivity contribution in [2.45, 2.75) is 110 Å². The molecule has 4 fully saturated rings. The van der Waals surface area contributed by atoms with Gasteiger partial charge in [0.25, 0.3) is 11.8 Å². The zero-order chi connectivity index (χ0) is 30.5. The van der Waals surface area contributed by atoms with Gasteiger partial charge in [0.2, 0.25) is 0 Å². The number of amides is 2. The fourth-order valence-electron chi connectivity index (χ4n) is 9.38. The minimum Gasteiger partial charge on any atom is -0.632 e. The molecule has 0 radical (unpaired) electrons. The highest BCUT2D eigenvalue weighted by Crippen LogP contribution is 2.49. The third-order valence-corrected chi connectivity index (χ3v) is 11.5. The van der Waals surface area contributed by atoms with E-state index in [1.807, 2.05) is 64.1 Å². The summed E-state index contributed by atoms with van der Waals surface area (Å²) in [6.07, 6.45) is 7.33. The van der Waals surface area contributed by atoms with E-state index in [0.717, 1.165) is 72.2 Å². The van der Waals surface area contributed by atoms with Crippen molar-refractivity contribution < 1.29 is 18.9 Å². The Labute approximate surface area is 256 Å². The highest BCUT2D eigenvalue weighted by molar-refractivity contribution is 5.96. The van der Waals surface area contributed by atoms with E-state index in [0.29, 0.717) is 19.3 Å². The Hall–Kier alpha value is -2.78. The van der Waals surface area contributed by atoms with Crippen molar-refractivity contribution in [3.8, 4) is 0 Å². The number of hydrogen-bond acceptors (Lipinski definition) is 4. The molecule has 2 N–H and O–H groups in total. The van der Waals surface area contributed by atoms with Gasteiger partial charge in [-0.3, -0.25) is 9.59 Å². The number of hydrogen-bond donors (Lipinski definition) is 2. The minimum atomic E-state index is -0.671. The third kappa shape index (κ3) is 5.30. The van der Waals surface area contributed by atoms with Crippen molar-refractivity contribution in [1.82, 2.24) is 0 Å². The summed E-state index contributed by atoms with van der Waals surface area (Å²) < 4.78 is -1.07. The normalized spacial score (nSPS) is 34.7. The number of aryl methyl sites for hydroxylation is 4. The van der Waals surface area contributed by atoms with Crippen molar-refractivity contribution in [1.29, 1.82) is 0 Å². The lowest BCUT2D eigenvalue weighted by atomic mass is 10.0. The van der Waals surface area contributed by atoms with Crippen LogP contribution in [0.5, 0.6) is 0 Å². The molecule has 2 aliphatic heterocycles. The summed E-state index contributed by atoms with van der Waals surface area (Å²) in [6.45, 7) is 8.39. The molecular formula is C35H48N4O4. The zero-order valence-electron chi connectivity index (χ0n) is 26.2. The standard InChI is InChI=1S/C35H48N4O4/c1-22-10-5-11-23(2)32(22)36-34(40)30-20-26-14-7-16-28(26)38(30,42)18-9-19-39(43)29-17-8-15-27(29)21-31(39)35(41)37-33-24(3)12-6-13-25(33)4/h5-6,10-13,26-31H,7-9,14-21H2,1-4H3,(H,36,40)(H,37,41)/t26-,27-,28-,29-,30-,31-,38-,39-/m0/s1. The maximum absolute atomic E-state index is 14.8. The van der Waals surface area contributed by atoms with E-state index in [9.17, 15) is 20.0 Å². The number of fused-ring (bicyclic) bond motifs is 2. The van der Waals surface area contributed by atoms with E-state index in [4.69, 9.17) is 0 Å². The lowest BCUT2D eigenvalue weighted by Gasteiger charge is -2.51. The maximum Gasteiger partial charge on any atom is 0.283 e. The first-order valence-corrected chi connectivity index (χ1v) is 16.4. The number of carbonyl (C=O) groups excluding carboxylic acids is 2. The van der Waals surface area contributed by atoms with Crippen LogP contribution in [0.25, 0.3) is 0 Å². The van der Waals surface area contributed by atoms with Crippen LogP contribution in [0.2, 0.25) is 0 Å². The average Bonchev–Trinajstić information content (AvgIpc) is 3.73. The van der Waals surface area contributed by atoms with E-state index >= 15 is 0 Å². The van der Waals surface area contributed by atoms with Gasteiger partial charge in [-0.2, -0.15) is 0 Å². The number of anilines is 2. The number of hydroxylamine groups is 6. The van der Waals surface area contributed by atoms with Gasteiger partial charge in [0, 0.05) is 55.3 Å². The molecule has 8 atom stereocenters. The van der Waals surface area contributed by atoms with E-state index in [2.05, 4.69) is 10.6 Å². The highest BCUT2D eigenvalue weighted by Gasteiger charge is 2.56. The number of quaternary nitrogens is 2. The Morgan fingerprint density at radius 3 is 1.42 bits per heavy atom. The van der Waals surface area contributed by atoms with Gasteiger partial charge in [-0.05, 0) is 75.6 Å². The van der Waals surface area contributed by atoms with Crippen LogP contribution in [0.3, 0.4) is 0 Å². The second-order valence-electron chi connectivity index (χ2n) is 14.0. The minimum absolute atomic E-state index is 0.0882. The van der Waals surface area contributed by atoms with Crippen LogP contribution < -0.4 is 10.6 Å². The molecule has 0 bridgehead atoms. The Bertz CT molecular complexity index is 1250. The first-order valence-electron chi connectivity index (χ1n) is 16.4. The van der Waals surface area contributed by atoms with Crippen LogP contribution >= 0.6 is 0 Å². The number of carbonyl (C=O) groups is 2.